The maximum absolute atomic E-state index is 4.16. The van der Waals surface area contributed by atoms with Gasteiger partial charge in [0.05, 0.1) is 12.4 Å². The first kappa shape index (κ1) is 30.0. The molecule has 2 heteroatoms. The van der Waals surface area contributed by atoms with Crippen LogP contribution in [0, 0.1) is 0 Å². The molecule has 0 N–H and O–H groups in total. The molecule has 36 heavy (non-hydrogen) atoms. The Bertz CT molecular complexity index is 792. The van der Waals surface area contributed by atoms with E-state index in [0.29, 0.717) is 0 Å². The molecule has 0 aromatic heterocycles. The van der Waals surface area contributed by atoms with E-state index in [1.165, 1.54) is 128 Å². The molecular weight excluding hydrogens is 436 g/mol. The molecule has 0 saturated carbocycles. The van der Waals surface area contributed by atoms with Gasteiger partial charge in [-0.05, 0) is 29.5 Å². The summed E-state index contributed by atoms with van der Waals surface area (Å²) < 4.78 is 0. The molecule has 0 bridgehead atoms. The van der Waals surface area contributed by atoms with Gasteiger partial charge < -0.3 is 0 Å². The third-order valence-corrected chi connectivity index (χ3v) is 7.08. The van der Waals surface area contributed by atoms with E-state index in [-0.39, 0.29) is 0 Å². The molecule has 0 saturated heterocycles. The molecule has 0 spiro atoms. The molecule has 0 heterocycles. The first-order valence-electron chi connectivity index (χ1n) is 15.1. The van der Waals surface area contributed by atoms with Gasteiger partial charge in [0.1, 0.15) is 0 Å². The zero-order valence-corrected chi connectivity index (χ0v) is 23.2. The number of benzene rings is 2. The number of rotatable bonds is 22. The van der Waals surface area contributed by atoms with E-state index in [1.54, 1.807) is 6.21 Å². The Labute approximate surface area is 222 Å². The van der Waals surface area contributed by atoms with Crippen LogP contribution in [0.1, 0.15) is 139 Å². The lowest BCUT2D eigenvalue weighted by molar-refractivity contribution is 0.525. The lowest BCUT2D eigenvalue weighted by atomic mass is 10.0. The number of nitrogens with zero attached hydrogens (tertiary/aromatic N) is 2. The largest absolute Gasteiger partial charge is 0.159 e. The maximum atomic E-state index is 4.16. The van der Waals surface area contributed by atoms with Crippen LogP contribution in [0.25, 0.3) is 0 Å². The van der Waals surface area contributed by atoms with Crippen LogP contribution in [-0.2, 0) is 6.42 Å². The predicted octanol–water partition coefficient (Wildman–Crippen LogP) is 10.7. The van der Waals surface area contributed by atoms with Gasteiger partial charge in [-0.25, -0.2) is 0 Å². The Morgan fingerprint density at radius 3 is 1.28 bits per heavy atom. The monoisotopic (exact) mass is 488 g/mol. The minimum absolute atomic E-state index is 1.06. The smallest absolute Gasteiger partial charge is 0.0568 e. The van der Waals surface area contributed by atoms with Crippen molar-refractivity contribution >= 4 is 12.4 Å². The van der Waals surface area contributed by atoms with Gasteiger partial charge in [0.25, 0.3) is 0 Å². The van der Waals surface area contributed by atoms with E-state index in [2.05, 4.69) is 41.4 Å². The van der Waals surface area contributed by atoms with E-state index >= 15 is 0 Å². The van der Waals surface area contributed by atoms with Gasteiger partial charge in [-0.15, -0.1) is 0 Å². The lowest BCUT2D eigenvalue weighted by Gasteiger charge is -2.04. The number of aryl methyl sites for hydroxylation is 1. The summed E-state index contributed by atoms with van der Waals surface area (Å²) in [7, 11) is 0. The van der Waals surface area contributed by atoms with E-state index < -0.39 is 0 Å². The summed E-state index contributed by atoms with van der Waals surface area (Å²) >= 11 is 0. The molecule has 2 aromatic rings. The summed E-state index contributed by atoms with van der Waals surface area (Å²) in [5, 5.41) is 8.30. The van der Waals surface area contributed by atoms with Crippen molar-refractivity contribution in [3.8, 4) is 0 Å². The molecule has 0 unspecified atom stereocenters. The molecule has 0 aliphatic rings. The molecule has 0 radical (unpaired) electrons. The zero-order chi connectivity index (χ0) is 25.4. The summed E-state index contributed by atoms with van der Waals surface area (Å²) in [5.74, 6) is 0. The lowest BCUT2D eigenvalue weighted by Crippen LogP contribution is -1.88. The van der Waals surface area contributed by atoms with Crippen LogP contribution in [0.3, 0.4) is 0 Å². The average molecular weight is 489 g/mol. The maximum Gasteiger partial charge on any atom is 0.0568 e. The van der Waals surface area contributed by atoms with E-state index in [0.717, 1.165) is 11.1 Å². The average Bonchev–Trinajstić information content (AvgIpc) is 2.92. The second kappa shape index (κ2) is 22.0. The summed E-state index contributed by atoms with van der Waals surface area (Å²) in [6.45, 7) is 2.30. The number of hydrogen-bond acceptors (Lipinski definition) is 2. The van der Waals surface area contributed by atoms with Crippen LogP contribution in [0.4, 0.5) is 0 Å². The fraction of sp³-hybridized carbons (Fsp3) is 0.588. The Hall–Kier alpha value is -2.22. The predicted molar refractivity (Wildman–Crippen MR) is 161 cm³/mol. The fourth-order valence-electron chi connectivity index (χ4n) is 4.74. The Morgan fingerprint density at radius 2 is 0.833 bits per heavy atom. The van der Waals surface area contributed by atoms with E-state index in [9.17, 15) is 0 Å². The highest BCUT2D eigenvalue weighted by molar-refractivity contribution is 5.82. The van der Waals surface area contributed by atoms with Crippen LogP contribution in [0.2, 0.25) is 0 Å². The molecule has 2 rings (SSSR count). The molecule has 0 fully saturated rings. The Balaban J connectivity index is 1.36. The van der Waals surface area contributed by atoms with Gasteiger partial charge in [-0.3, -0.25) is 0 Å². The minimum atomic E-state index is 1.06. The van der Waals surface area contributed by atoms with Gasteiger partial charge in [0.2, 0.25) is 0 Å². The fourth-order valence-corrected chi connectivity index (χ4v) is 4.74. The molecule has 198 valence electrons. The third-order valence-electron chi connectivity index (χ3n) is 7.08. The number of unbranched alkanes of at least 4 members (excludes halogenated alkanes) is 17. The highest BCUT2D eigenvalue weighted by Gasteiger charge is 1.97. The van der Waals surface area contributed by atoms with Crippen molar-refractivity contribution in [3.05, 3.63) is 71.3 Å². The second-order valence-electron chi connectivity index (χ2n) is 10.4. The van der Waals surface area contributed by atoms with Crippen molar-refractivity contribution in [2.24, 2.45) is 10.2 Å². The zero-order valence-electron chi connectivity index (χ0n) is 23.2. The van der Waals surface area contributed by atoms with Crippen LogP contribution < -0.4 is 0 Å². The molecule has 2 aromatic carbocycles. The normalized spacial score (nSPS) is 11.7. The highest BCUT2D eigenvalue weighted by atomic mass is 15.2. The topological polar surface area (TPSA) is 24.7 Å². The van der Waals surface area contributed by atoms with Crippen molar-refractivity contribution in [2.45, 2.75) is 129 Å². The minimum Gasteiger partial charge on any atom is -0.159 e. The summed E-state index contributed by atoms with van der Waals surface area (Å²) in [4.78, 5) is 0. The molecule has 2 nitrogen and oxygen atoms in total. The standard InChI is InChI=1S/C34H52N2/c1-2-3-4-5-6-7-8-9-10-11-12-13-14-15-16-17-18-20-23-32-26-28-34(29-27-32)31-36-35-30-33-24-21-19-22-25-33/h19,21-22,24-31H,2-18,20,23H2,1H3. The molecule has 0 amide bonds. The van der Waals surface area contributed by atoms with E-state index in [4.69, 9.17) is 0 Å². The molecule has 0 aliphatic carbocycles. The first-order valence-corrected chi connectivity index (χ1v) is 15.1. The van der Waals surface area contributed by atoms with Crippen molar-refractivity contribution in [1.82, 2.24) is 0 Å². The van der Waals surface area contributed by atoms with Crippen LogP contribution in [0.5, 0.6) is 0 Å². The number of hydrogen-bond donors (Lipinski definition) is 0. The van der Waals surface area contributed by atoms with E-state index in [1.807, 2.05) is 36.5 Å². The molecular formula is C34H52N2. The Kier molecular flexibility index (Phi) is 18.3. The van der Waals surface area contributed by atoms with Crippen LogP contribution >= 0.6 is 0 Å². The van der Waals surface area contributed by atoms with Crippen molar-refractivity contribution in [3.63, 3.8) is 0 Å². The van der Waals surface area contributed by atoms with Crippen LogP contribution in [0.15, 0.2) is 64.8 Å². The van der Waals surface area contributed by atoms with Crippen molar-refractivity contribution in [2.75, 3.05) is 0 Å². The second-order valence-corrected chi connectivity index (χ2v) is 10.4. The van der Waals surface area contributed by atoms with Crippen molar-refractivity contribution in [1.29, 1.82) is 0 Å². The van der Waals surface area contributed by atoms with Gasteiger partial charge in [0, 0.05) is 0 Å². The molecule has 0 aliphatic heterocycles. The highest BCUT2D eigenvalue weighted by Crippen LogP contribution is 2.15. The van der Waals surface area contributed by atoms with Gasteiger partial charge in [0.15, 0.2) is 0 Å². The van der Waals surface area contributed by atoms with Crippen molar-refractivity contribution < 1.29 is 0 Å². The summed E-state index contributed by atoms with van der Waals surface area (Å²) in [5.41, 5.74) is 3.59. The van der Waals surface area contributed by atoms with Gasteiger partial charge in [-0.2, -0.15) is 10.2 Å². The van der Waals surface area contributed by atoms with Crippen LogP contribution in [-0.4, -0.2) is 12.4 Å². The molecule has 0 atom stereocenters. The first-order chi connectivity index (χ1) is 17.9. The van der Waals surface area contributed by atoms with Gasteiger partial charge in [-0.1, -0.05) is 171 Å². The summed E-state index contributed by atoms with van der Waals surface area (Å²) in [6.07, 6.45) is 30.5. The summed E-state index contributed by atoms with van der Waals surface area (Å²) in [6, 6.07) is 18.8. The van der Waals surface area contributed by atoms with Gasteiger partial charge >= 0.3 is 0 Å². The third kappa shape index (κ3) is 16.5. The Morgan fingerprint density at radius 1 is 0.444 bits per heavy atom. The quantitative estimate of drug-likeness (QED) is 0.0894. The SMILES string of the molecule is CCCCCCCCCCCCCCCCCCCCc1ccc(C=NN=Cc2ccccc2)cc1.